The van der Waals surface area contributed by atoms with Gasteiger partial charge in [0.05, 0.1) is 12.2 Å². The summed E-state index contributed by atoms with van der Waals surface area (Å²) in [5, 5.41) is 2.78. The van der Waals surface area contributed by atoms with E-state index in [1.54, 1.807) is 13.8 Å². The van der Waals surface area contributed by atoms with Crippen LogP contribution in [0.1, 0.15) is 45.4 Å². The van der Waals surface area contributed by atoms with E-state index in [1.807, 2.05) is 6.92 Å². The lowest BCUT2D eigenvalue weighted by Gasteiger charge is -2.05. The molecule has 0 saturated heterocycles. The lowest BCUT2D eigenvalue weighted by molar-refractivity contribution is 0.0387. The zero-order valence-electron chi connectivity index (χ0n) is 12.5. The molecule has 6 heteroatoms. The number of esters is 1. The Hall–Kier alpha value is -1.82. The first-order chi connectivity index (χ1) is 9.52. The highest BCUT2D eigenvalue weighted by Crippen LogP contribution is 2.19. The average molecular weight is 282 g/mol. The van der Waals surface area contributed by atoms with Crippen molar-refractivity contribution >= 4 is 11.9 Å². The van der Waals surface area contributed by atoms with Crippen LogP contribution in [0.5, 0.6) is 0 Å². The summed E-state index contributed by atoms with van der Waals surface area (Å²) in [5.41, 5.74) is 2.07. The molecule has 0 spiro atoms. The van der Waals surface area contributed by atoms with Crippen LogP contribution in [0, 0.1) is 13.8 Å². The van der Waals surface area contributed by atoms with E-state index in [-0.39, 0.29) is 12.5 Å². The first-order valence-electron chi connectivity index (χ1n) is 6.66. The number of hydrogen-bond acceptors (Lipinski definition) is 4. The molecule has 0 aliphatic rings. The summed E-state index contributed by atoms with van der Waals surface area (Å²) < 4.78 is 9.92. The van der Waals surface area contributed by atoms with Gasteiger partial charge in [-0.1, -0.05) is 6.92 Å². The fourth-order valence-electron chi connectivity index (χ4n) is 1.90. The lowest BCUT2D eigenvalue weighted by atomic mass is 10.1. The Morgan fingerprint density at radius 3 is 2.55 bits per heavy atom. The van der Waals surface area contributed by atoms with E-state index < -0.39 is 5.97 Å². The molecule has 0 bridgehead atoms. The van der Waals surface area contributed by atoms with Gasteiger partial charge in [0.25, 0.3) is 5.91 Å². The van der Waals surface area contributed by atoms with E-state index in [2.05, 4.69) is 10.3 Å². The first-order valence-corrected chi connectivity index (χ1v) is 6.66. The number of methoxy groups -OCH3 is 1. The van der Waals surface area contributed by atoms with Gasteiger partial charge in [-0.05, 0) is 25.8 Å². The molecule has 1 aromatic heterocycles. The van der Waals surface area contributed by atoms with Gasteiger partial charge in [-0.25, -0.2) is 4.79 Å². The molecule has 1 amide bonds. The van der Waals surface area contributed by atoms with Gasteiger partial charge >= 0.3 is 5.97 Å². The molecule has 0 aliphatic heterocycles. The predicted octanol–water partition coefficient (Wildman–Crippen LogP) is 1.57. The summed E-state index contributed by atoms with van der Waals surface area (Å²) in [6.45, 7) is 6.60. The van der Waals surface area contributed by atoms with Crippen LogP contribution in [0.3, 0.4) is 0 Å². The molecule has 0 aromatic carbocycles. The summed E-state index contributed by atoms with van der Waals surface area (Å²) >= 11 is 0. The summed E-state index contributed by atoms with van der Waals surface area (Å²) in [4.78, 5) is 26.9. The zero-order chi connectivity index (χ0) is 15.1. The Morgan fingerprint density at radius 1 is 1.25 bits per heavy atom. The van der Waals surface area contributed by atoms with Crippen molar-refractivity contribution in [1.82, 2.24) is 10.3 Å². The number of H-pyrrole nitrogens is 1. The van der Waals surface area contributed by atoms with E-state index in [1.165, 1.54) is 7.11 Å². The van der Waals surface area contributed by atoms with Gasteiger partial charge in [-0.3, -0.25) is 4.79 Å². The van der Waals surface area contributed by atoms with Crippen molar-refractivity contribution in [2.24, 2.45) is 0 Å². The molecule has 1 aromatic rings. The summed E-state index contributed by atoms with van der Waals surface area (Å²) in [6, 6.07) is 0. The fraction of sp³-hybridized carbons (Fsp3) is 0.571. The summed E-state index contributed by atoms with van der Waals surface area (Å²) in [6.07, 6.45) is 0.858. The molecule has 0 aliphatic carbocycles. The fourth-order valence-corrected chi connectivity index (χ4v) is 1.90. The molecule has 112 valence electrons. The molecule has 1 heterocycles. The Morgan fingerprint density at radius 2 is 1.95 bits per heavy atom. The Bertz CT molecular complexity index is 480. The van der Waals surface area contributed by atoms with E-state index >= 15 is 0 Å². The molecule has 0 saturated carbocycles. The van der Waals surface area contributed by atoms with Crippen molar-refractivity contribution < 1.29 is 19.1 Å². The maximum atomic E-state index is 12.0. The smallest absolute Gasteiger partial charge is 0.340 e. The van der Waals surface area contributed by atoms with Gasteiger partial charge in [0, 0.05) is 19.3 Å². The molecule has 1 rings (SSSR count). The normalized spacial score (nSPS) is 10.4. The zero-order valence-corrected chi connectivity index (χ0v) is 12.5. The van der Waals surface area contributed by atoms with Crippen molar-refractivity contribution in [2.75, 3.05) is 26.9 Å². The Kier molecular flexibility index (Phi) is 6.24. The quantitative estimate of drug-likeness (QED) is 0.587. The monoisotopic (exact) mass is 282 g/mol. The number of carbonyl (C=O) groups is 2. The standard InChI is InChI=1S/C14H22N2O4/c1-5-6-15-13(17)12-9(2)11(10(3)16-12)14(18)20-8-7-19-4/h16H,5-8H2,1-4H3,(H,15,17). The molecule has 6 nitrogen and oxygen atoms in total. The van der Waals surface area contributed by atoms with E-state index in [0.29, 0.717) is 35.7 Å². The van der Waals surface area contributed by atoms with Gasteiger partial charge in [-0.15, -0.1) is 0 Å². The molecular formula is C14H22N2O4. The van der Waals surface area contributed by atoms with Crippen LogP contribution in [0.2, 0.25) is 0 Å². The molecule has 0 radical (unpaired) electrons. The van der Waals surface area contributed by atoms with Gasteiger partial charge in [0.2, 0.25) is 0 Å². The predicted molar refractivity (Wildman–Crippen MR) is 75.0 cm³/mol. The summed E-state index contributed by atoms with van der Waals surface area (Å²) in [7, 11) is 1.54. The number of amides is 1. The van der Waals surface area contributed by atoms with Crippen LogP contribution in [0.25, 0.3) is 0 Å². The van der Waals surface area contributed by atoms with Crippen LogP contribution in [-0.2, 0) is 9.47 Å². The molecule has 0 fully saturated rings. The number of rotatable bonds is 7. The van der Waals surface area contributed by atoms with Crippen LogP contribution in [0.4, 0.5) is 0 Å². The van der Waals surface area contributed by atoms with Crippen molar-refractivity contribution in [3.8, 4) is 0 Å². The topological polar surface area (TPSA) is 80.4 Å². The minimum atomic E-state index is -0.442. The number of hydrogen-bond donors (Lipinski definition) is 2. The maximum absolute atomic E-state index is 12.0. The summed E-state index contributed by atoms with van der Waals surface area (Å²) in [5.74, 6) is -0.647. The number of aryl methyl sites for hydroxylation is 1. The van der Waals surface area contributed by atoms with Crippen LogP contribution < -0.4 is 5.32 Å². The largest absolute Gasteiger partial charge is 0.460 e. The third-order valence-corrected chi connectivity index (χ3v) is 2.92. The molecule has 0 unspecified atom stereocenters. The van der Waals surface area contributed by atoms with Gasteiger partial charge in [-0.2, -0.15) is 0 Å². The van der Waals surface area contributed by atoms with E-state index in [9.17, 15) is 9.59 Å². The second-order valence-electron chi connectivity index (χ2n) is 4.51. The molecule has 0 atom stereocenters. The maximum Gasteiger partial charge on any atom is 0.340 e. The number of aromatic nitrogens is 1. The van der Waals surface area contributed by atoms with Crippen molar-refractivity contribution in [3.05, 3.63) is 22.5 Å². The second kappa shape index (κ2) is 7.69. The third-order valence-electron chi connectivity index (χ3n) is 2.92. The third kappa shape index (κ3) is 3.84. The van der Waals surface area contributed by atoms with Crippen molar-refractivity contribution in [2.45, 2.75) is 27.2 Å². The van der Waals surface area contributed by atoms with E-state index in [0.717, 1.165) is 6.42 Å². The van der Waals surface area contributed by atoms with Gasteiger partial charge < -0.3 is 19.8 Å². The second-order valence-corrected chi connectivity index (χ2v) is 4.51. The van der Waals surface area contributed by atoms with Crippen molar-refractivity contribution in [1.29, 1.82) is 0 Å². The number of aromatic amines is 1. The minimum absolute atomic E-state index is 0.191. The van der Waals surface area contributed by atoms with E-state index in [4.69, 9.17) is 9.47 Å². The highest BCUT2D eigenvalue weighted by molar-refractivity contribution is 6.00. The van der Waals surface area contributed by atoms with Gasteiger partial charge in [0.15, 0.2) is 0 Å². The van der Waals surface area contributed by atoms with Crippen molar-refractivity contribution in [3.63, 3.8) is 0 Å². The molecule has 2 N–H and O–H groups in total. The first kappa shape index (κ1) is 16.2. The average Bonchev–Trinajstić information content (AvgIpc) is 2.71. The van der Waals surface area contributed by atoms with Gasteiger partial charge in [0.1, 0.15) is 12.3 Å². The minimum Gasteiger partial charge on any atom is -0.460 e. The Balaban J connectivity index is 2.85. The van der Waals surface area contributed by atoms with Crippen LogP contribution in [-0.4, -0.2) is 43.7 Å². The Labute approximate surface area is 118 Å². The van der Waals surface area contributed by atoms with Crippen LogP contribution in [0.15, 0.2) is 0 Å². The number of carbonyl (C=O) groups excluding carboxylic acids is 2. The SMILES string of the molecule is CCCNC(=O)c1[nH]c(C)c(C(=O)OCCOC)c1C. The number of ether oxygens (including phenoxy) is 2. The lowest BCUT2D eigenvalue weighted by Crippen LogP contribution is -2.25. The molecular weight excluding hydrogens is 260 g/mol. The number of nitrogens with one attached hydrogen (secondary N) is 2. The highest BCUT2D eigenvalue weighted by Gasteiger charge is 2.22. The van der Waals surface area contributed by atoms with Crippen LogP contribution >= 0.6 is 0 Å². The highest BCUT2D eigenvalue weighted by atomic mass is 16.6. The molecule has 20 heavy (non-hydrogen) atoms.